The van der Waals surface area contributed by atoms with Gasteiger partial charge in [-0.2, -0.15) is 0 Å². The van der Waals surface area contributed by atoms with Crippen LogP contribution < -0.4 is 0 Å². The molecule has 17 heavy (non-hydrogen) atoms. The second kappa shape index (κ2) is 7.34. The quantitative estimate of drug-likeness (QED) is 0.483. The molecule has 2 heterocycles. The van der Waals surface area contributed by atoms with Gasteiger partial charge >= 0.3 is 0 Å². The molecular weight excluding hydrogens is 216 g/mol. The maximum absolute atomic E-state index is 5.88. The molecular formula is C14H26O3. The molecule has 2 saturated heterocycles. The van der Waals surface area contributed by atoms with Gasteiger partial charge in [-0.15, -0.1) is 0 Å². The van der Waals surface area contributed by atoms with Gasteiger partial charge in [-0.05, 0) is 39.0 Å². The highest BCUT2D eigenvalue weighted by Gasteiger charge is 2.21. The van der Waals surface area contributed by atoms with Crippen LogP contribution in [0, 0.1) is 0 Å². The average molecular weight is 242 g/mol. The number of ether oxygens (including phenoxy) is 3. The fourth-order valence-corrected chi connectivity index (χ4v) is 2.36. The number of hydrogen-bond donors (Lipinski definition) is 0. The van der Waals surface area contributed by atoms with Gasteiger partial charge in [0.05, 0.1) is 18.8 Å². The van der Waals surface area contributed by atoms with Crippen molar-refractivity contribution in [3.05, 3.63) is 0 Å². The zero-order valence-corrected chi connectivity index (χ0v) is 11.0. The van der Waals surface area contributed by atoms with Crippen LogP contribution in [0.1, 0.15) is 58.3 Å². The maximum atomic E-state index is 5.88. The minimum absolute atomic E-state index is 0.0682. The van der Waals surface area contributed by atoms with Crippen molar-refractivity contribution < 1.29 is 14.2 Å². The van der Waals surface area contributed by atoms with Crippen molar-refractivity contribution in [3.63, 3.8) is 0 Å². The topological polar surface area (TPSA) is 31.0 Å². The van der Waals surface area contributed by atoms with Crippen molar-refractivity contribution in [1.82, 2.24) is 0 Å². The summed E-state index contributed by atoms with van der Waals surface area (Å²) >= 11 is 0. The second-order valence-corrected chi connectivity index (χ2v) is 5.34. The van der Waals surface area contributed by atoms with E-state index in [0.29, 0.717) is 12.2 Å². The second-order valence-electron chi connectivity index (χ2n) is 5.34. The Kier molecular flexibility index (Phi) is 5.75. The molecule has 0 radical (unpaired) electrons. The Morgan fingerprint density at radius 2 is 2.06 bits per heavy atom. The molecule has 0 saturated carbocycles. The highest BCUT2D eigenvalue weighted by Crippen LogP contribution is 2.20. The molecule has 3 heteroatoms. The summed E-state index contributed by atoms with van der Waals surface area (Å²) in [5.41, 5.74) is 0. The first-order valence-corrected chi connectivity index (χ1v) is 7.23. The Bertz CT molecular complexity index is 198. The molecule has 2 aliphatic heterocycles. The summed E-state index contributed by atoms with van der Waals surface area (Å²) in [5, 5.41) is 0. The van der Waals surface area contributed by atoms with Gasteiger partial charge in [-0.25, -0.2) is 0 Å². The summed E-state index contributed by atoms with van der Waals surface area (Å²) in [4.78, 5) is 0. The molecule has 0 aliphatic carbocycles. The van der Waals surface area contributed by atoms with Crippen molar-refractivity contribution >= 4 is 0 Å². The zero-order valence-electron chi connectivity index (χ0n) is 11.0. The van der Waals surface area contributed by atoms with Gasteiger partial charge < -0.3 is 14.2 Å². The van der Waals surface area contributed by atoms with Crippen molar-refractivity contribution in [2.45, 2.75) is 76.8 Å². The molecule has 0 bridgehead atoms. The van der Waals surface area contributed by atoms with Gasteiger partial charge in [0.2, 0.25) is 0 Å². The van der Waals surface area contributed by atoms with Gasteiger partial charge in [0.15, 0.2) is 6.29 Å². The predicted octanol–water partition coefficient (Wildman–Crippen LogP) is 3.27. The lowest BCUT2D eigenvalue weighted by atomic mass is 10.1. The SMILES string of the molecule is C[C@H](CCCCC[C@@H]1CO1)OC1CCCCO1. The van der Waals surface area contributed by atoms with Crippen LogP contribution in [0.3, 0.4) is 0 Å². The Balaban J connectivity index is 1.43. The molecule has 0 aromatic heterocycles. The average Bonchev–Trinajstić information content (AvgIpc) is 3.14. The predicted molar refractivity (Wildman–Crippen MR) is 67.0 cm³/mol. The van der Waals surface area contributed by atoms with Crippen LogP contribution in [-0.2, 0) is 14.2 Å². The first kappa shape index (κ1) is 13.3. The molecule has 2 aliphatic rings. The molecule has 2 rings (SSSR count). The fourth-order valence-electron chi connectivity index (χ4n) is 2.36. The van der Waals surface area contributed by atoms with E-state index in [1.807, 2.05) is 0 Å². The Hall–Kier alpha value is -0.120. The minimum Gasteiger partial charge on any atom is -0.373 e. The lowest BCUT2D eigenvalue weighted by Gasteiger charge is -2.26. The van der Waals surface area contributed by atoms with E-state index in [9.17, 15) is 0 Å². The van der Waals surface area contributed by atoms with E-state index in [4.69, 9.17) is 14.2 Å². The van der Waals surface area contributed by atoms with Crippen molar-refractivity contribution in [2.24, 2.45) is 0 Å². The van der Waals surface area contributed by atoms with E-state index in [0.717, 1.165) is 26.1 Å². The van der Waals surface area contributed by atoms with Crippen LogP contribution in [-0.4, -0.2) is 31.7 Å². The largest absolute Gasteiger partial charge is 0.373 e. The summed E-state index contributed by atoms with van der Waals surface area (Å²) in [6.45, 7) is 4.04. The minimum atomic E-state index is 0.0682. The van der Waals surface area contributed by atoms with Gasteiger partial charge in [-0.1, -0.05) is 19.3 Å². The molecule has 1 unspecified atom stereocenters. The number of epoxide rings is 1. The Labute approximate surface area is 105 Å². The molecule has 0 aromatic rings. The molecule has 100 valence electrons. The Morgan fingerprint density at radius 1 is 1.18 bits per heavy atom. The van der Waals surface area contributed by atoms with Gasteiger partial charge in [0, 0.05) is 6.61 Å². The Morgan fingerprint density at radius 3 is 2.76 bits per heavy atom. The smallest absolute Gasteiger partial charge is 0.157 e. The molecule has 3 atom stereocenters. The summed E-state index contributed by atoms with van der Waals surface area (Å²) in [5.74, 6) is 0. The summed E-state index contributed by atoms with van der Waals surface area (Å²) < 4.78 is 16.7. The fraction of sp³-hybridized carbons (Fsp3) is 1.00. The molecule has 3 nitrogen and oxygen atoms in total. The van der Waals surface area contributed by atoms with Crippen LogP contribution >= 0.6 is 0 Å². The van der Waals surface area contributed by atoms with Crippen molar-refractivity contribution in [2.75, 3.05) is 13.2 Å². The zero-order chi connectivity index (χ0) is 11.9. The standard InChI is InChI=1S/C14H26O3/c1-12(17-14-9-5-6-10-15-14)7-3-2-4-8-13-11-16-13/h12-14H,2-11H2,1H3/t12-,13-,14?/m1/s1. The number of hydrogen-bond acceptors (Lipinski definition) is 3. The molecule has 0 amide bonds. The number of unbranched alkanes of at least 4 members (excludes halogenated alkanes) is 2. The summed E-state index contributed by atoms with van der Waals surface area (Å²) in [6.07, 6.45) is 10.8. The van der Waals surface area contributed by atoms with E-state index in [1.54, 1.807) is 0 Å². The van der Waals surface area contributed by atoms with Gasteiger partial charge in [0.25, 0.3) is 0 Å². The number of rotatable bonds is 8. The normalized spacial score (nSPS) is 30.2. The van der Waals surface area contributed by atoms with Crippen LogP contribution in [0.4, 0.5) is 0 Å². The molecule has 0 spiro atoms. The van der Waals surface area contributed by atoms with Crippen LogP contribution in [0.15, 0.2) is 0 Å². The lowest BCUT2D eigenvalue weighted by molar-refractivity contribution is -0.185. The third-order valence-corrected chi connectivity index (χ3v) is 3.56. The third-order valence-electron chi connectivity index (χ3n) is 3.56. The summed E-state index contributed by atoms with van der Waals surface area (Å²) in [6, 6.07) is 0. The molecule has 0 N–H and O–H groups in total. The van der Waals surface area contributed by atoms with E-state index in [1.165, 1.54) is 38.5 Å². The summed E-state index contributed by atoms with van der Waals surface area (Å²) in [7, 11) is 0. The third kappa shape index (κ3) is 5.84. The first-order chi connectivity index (χ1) is 8.34. The van der Waals surface area contributed by atoms with Crippen molar-refractivity contribution in [1.29, 1.82) is 0 Å². The van der Waals surface area contributed by atoms with Crippen molar-refractivity contribution in [3.8, 4) is 0 Å². The van der Waals surface area contributed by atoms with E-state index < -0.39 is 0 Å². The monoisotopic (exact) mass is 242 g/mol. The first-order valence-electron chi connectivity index (χ1n) is 7.23. The molecule has 0 aromatic carbocycles. The maximum Gasteiger partial charge on any atom is 0.157 e. The van der Waals surface area contributed by atoms with E-state index in [-0.39, 0.29) is 6.29 Å². The van der Waals surface area contributed by atoms with Gasteiger partial charge in [0.1, 0.15) is 0 Å². The van der Waals surface area contributed by atoms with E-state index >= 15 is 0 Å². The molecule has 2 fully saturated rings. The van der Waals surface area contributed by atoms with Crippen LogP contribution in [0.5, 0.6) is 0 Å². The highest BCUT2D eigenvalue weighted by molar-refractivity contribution is 4.68. The lowest BCUT2D eigenvalue weighted by Crippen LogP contribution is -2.26. The van der Waals surface area contributed by atoms with Crippen LogP contribution in [0.25, 0.3) is 0 Å². The highest BCUT2D eigenvalue weighted by atomic mass is 16.7. The van der Waals surface area contributed by atoms with Gasteiger partial charge in [-0.3, -0.25) is 0 Å². The van der Waals surface area contributed by atoms with Crippen LogP contribution in [0.2, 0.25) is 0 Å². The van der Waals surface area contributed by atoms with E-state index in [2.05, 4.69) is 6.92 Å².